The molecule has 158 valence electrons. The van der Waals surface area contributed by atoms with Crippen LogP contribution in [0.15, 0.2) is 33.9 Å². The molecule has 1 aromatic heterocycles. The van der Waals surface area contributed by atoms with Crippen LogP contribution in [0.25, 0.3) is 0 Å². The number of H-pyrrole nitrogens is 1. The minimum Gasteiger partial charge on any atom is -0.497 e. The molecule has 0 atom stereocenters. The predicted molar refractivity (Wildman–Crippen MR) is 115 cm³/mol. The molecular weight excluding hydrogens is 372 g/mol. The van der Waals surface area contributed by atoms with Crippen molar-refractivity contribution in [3.05, 3.63) is 50.7 Å². The van der Waals surface area contributed by atoms with Gasteiger partial charge in [-0.2, -0.15) is 0 Å². The summed E-state index contributed by atoms with van der Waals surface area (Å²) in [6.45, 7) is 6.59. The van der Waals surface area contributed by atoms with Crippen LogP contribution in [-0.2, 0) is 17.8 Å². The number of benzene rings is 1. The SMILES string of the molecule is CCCCn1c(N)c(N(CC(C)C)C(=O)Cc2ccc(OC)cc2)c(=O)[nH]c1=O. The Morgan fingerprint density at radius 3 is 2.45 bits per heavy atom. The van der Waals surface area contributed by atoms with Crippen LogP contribution in [0.1, 0.15) is 39.2 Å². The second-order valence-electron chi connectivity index (χ2n) is 7.42. The molecule has 8 nitrogen and oxygen atoms in total. The Balaban J connectivity index is 2.44. The van der Waals surface area contributed by atoms with E-state index >= 15 is 0 Å². The van der Waals surface area contributed by atoms with E-state index < -0.39 is 11.2 Å². The number of amides is 1. The third-order valence-electron chi connectivity index (χ3n) is 4.58. The fourth-order valence-corrected chi connectivity index (χ4v) is 3.07. The number of aromatic nitrogens is 2. The molecule has 3 N–H and O–H groups in total. The lowest BCUT2D eigenvalue weighted by Gasteiger charge is -2.26. The maximum Gasteiger partial charge on any atom is 0.330 e. The molecule has 1 aromatic carbocycles. The van der Waals surface area contributed by atoms with E-state index in [0.717, 1.165) is 18.4 Å². The zero-order chi connectivity index (χ0) is 21.6. The molecule has 1 heterocycles. The van der Waals surface area contributed by atoms with Crippen molar-refractivity contribution in [2.24, 2.45) is 5.92 Å². The van der Waals surface area contributed by atoms with Gasteiger partial charge in [-0.3, -0.25) is 19.1 Å². The molecule has 0 aliphatic carbocycles. The summed E-state index contributed by atoms with van der Waals surface area (Å²) in [6, 6.07) is 7.17. The number of unbranched alkanes of at least 4 members (excludes halogenated alkanes) is 1. The van der Waals surface area contributed by atoms with Crippen molar-refractivity contribution < 1.29 is 9.53 Å². The highest BCUT2D eigenvalue weighted by atomic mass is 16.5. The number of methoxy groups -OCH3 is 1. The normalized spacial score (nSPS) is 10.9. The van der Waals surface area contributed by atoms with Crippen molar-refractivity contribution >= 4 is 17.4 Å². The van der Waals surface area contributed by atoms with Gasteiger partial charge in [-0.25, -0.2) is 4.79 Å². The van der Waals surface area contributed by atoms with Gasteiger partial charge in [0.25, 0.3) is 5.56 Å². The third kappa shape index (κ3) is 5.49. The highest BCUT2D eigenvalue weighted by Gasteiger charge is 2.25. The number of hydrogen-bond acceptors (Lipinski definition) is 5. The van der Waals surface area contributed by atoms with Gasteiger partial charge in [0.15, 0.2) is 5.69 Å². The van der Waals surface area contributed by atoms with E-state index in [9.17, 15) is 14.4 Å². The van der Waals surface area contributed by atoms with Gasteiger partial charge in [0.05, 0.1) is 13.5 Å². The van der Waals surface area contributed by atoms with Gasteiger partial charge in [0.2, 0.25) is 5.91 Å². The number of rotatable bonds is 9. The van der Waals surface area contributed by atoms with Crippen LogP contribution in [0.4, 0.5) is 11.5 Å². The number of aromatic amines is 1. The summed E-state index contributed by atoms with van der Waals surface area (Å²) in [5, 5.41) is 0. The van der Waals surface area contributed by atoms with E-state index in [1.807, 2.05) is 20.8 Å². The zero-order valence-electron chi connectivity index (χ0n) is 17.5. The van der Waals surface area contributed by atoms with Crippen molar-refractivity contribution in [1.29, 1.82) is 0 Å². The first-order valence-electron chi connectivity index (χ1n) is 9.84. The number of hydrogen-bond donors (Lipinski definition) is 2. The number of ether oxygens (including phenoxy) is 1. The maximum absolute atomic E-state index is 13.1. The van der Waals surface area contributed by atoms with Gasteiger partial charge in [-0.05, 0) is 30.0 Å². The topological polar surface area (TPSA) is 110 Å². The number of nitrogens with one attached hydrogen (secondary N) is 1. The van der Waals surface area contributed by atoms with Crippen LogP contribution in [0.2, 0.25) is 0 Å². The second kappa shape index (κ2) is 9.95. The minimum absolute atomic E-state index is 0.0240. The van der Waals surface area contributed by atoms with Gasteiger partial charge in [-0.1, -0.05) is 39.3 Å². The summed E-state index contributed by atoms with van der Waals surface area (Å²) in [5.41, 5.74) is 5.82. The number of carbonyl (C=O) groups excluding carboxylic acids is 1. The lowest BCUT2D eigenvalue weighted by atomic mass is 10.1. The minimum atomic E-state index is -0.649. The van der Waals surface area contributed by atoms with Crippen LogP contribution in [0.5, 0.6) is 5.75 Å². The van der Waals surface area contributed by atoms with Crippen molar-refractivity contribution in [2.75, 3.05) is 24.3 Å². The Bertz CT molecular complexity index is 945. The highest BCUT2D eigenvalue weighted by molar-refractivity contribution is 5.96. The van der Waals surface area contributed by atoms with E-state index in [4.69, 9.17) is 10.5 Å². The quantitative estimate of drug-likeness (QED) is 0.668. The van der Waals surface area contributed by atoms with Crippen LogP contribution in [-0.4, -0.2) is 29.1 Å². The molecule has 0 saturated carbocycles. The highest BCUT2D eigenvalue weighted by Crippen LogP contribution is 2.21. The molecule has 0 aliphatic heterocycles. The Morgan fingerprint density at radius 1 is 1.24 bits per heavy atom. The van der Waals surface area contributed by atoms with Crippen molar-refractivity contribution in [1.82, 2.24) is 9.55 Å². The molecule has 0 spiro atoms. The molecule has 8 heteroatoms. The molecule has 2 rings (SSSR count). The summed E-state index contributed by atoms with van der Waals surface area (Å²) in [5.74, 6) is 0.561. The summed E-state index contributed by atoms with van der Waals surface area (Å²) < 4.78 is 6.47. The predicted octanol–water partition coefficient (Wildman–Crippen LogP) is 2.16. The molecule has 2 aromatic rings. The van der Waals surface area contributed by atoms with Crippen molar-refractivity contribution in [2.45, 2.75) is 46.6 Å². The Hall–Kier alpha value is -3.03. The van der Waals surface area contributed by atoms with Crippen LogP contribution in [0, 0.1) is 5.92 Å². The number of anilines is 2. The van der Waals surface area contributed by atoms with Gasteiger partial charge < -0.3 is 15.4 Å². The van der Waals surface area contributed by atoms with Crippen LogP contribution < -0.4 is 26.6 Å². The Kier molecular flexibility index (Phi) is 7.64. The molecule has 0 saturated heterocycles. The lowest BCUT2D eigenvalue weighted by Crippen LogP contribution is -2.43. The average molecular weight is 402 g/mol. The van der Waals surface area contributed by atoms with Gasteiger partial charge >= 0.3 is 5.69 Å². The van der Waals surface area contributed by atoms with Crippen LogP contribution >= 0.6 is 0 Å². The van der Waals surface area contributed by atoms with E-state index in [1.165, 1.54) is 9.47 Å². The monoisotopic (exact) mass is 402 g/mol. The molecule has 1 amide bonds. The average Bonchev–Trinajstić information content (AvgIpc) is 2.67. The fourth-order valence-electron chi connectivity index (χ4n) is 3.07. The fraction of sp³-hybridized carbons (Fsp3) is 0.476. The number of nitrogen functional groups attached to an aromatic ring is 1. The summed E-state index contributed by atoms with van der Waals surface area (Å²) >= 11 is 0. The van der Waals surface area contributed by atoms with E-state index in [-0.39, 0.29) is 29.8 Å². The first-order valence-corrected chi connectivity index (χ1v) is 9.84. The zero-order valence-corrected chi connectivity index (χ0v) is 17.5. The van der Waals surface area contributed by atoms with Crippen molar-refractivity contribution in [3.8, 4) is 5.75 Å². The van der Waals surface area contributed by atoms with E-state index in [0.29, 0.717) is 18.8 Å². The first-order chi connectivity index (χ1) is 13.8. The molecule has 0 unspecified atom stereocenters. The van der Waals surface area contributed by atoms with Gasteiger partial charge in [-0.15, -0.1) is 0 Å². The largest absolute Gasteiger partial charge is 0.497 e. The van der Waals surface area contributed by atoms with Gasteiger partial charge in [0, 0.05) is 13.1 Å². The number of nitrogens with zero attached hydrogens (tertiary/aromatic N) is 2. The summed E-state index contributed by atoms with van der Waals surface area (Å²) in [6.07, 6.45) is 1.70. The molecule has 29 heavy (non-hydrogen) atoms. The van der Waals surface area contributed by atoms with E-state index in [2.05, 4.69) is 4.98 Å². The Morgan fingerprint density at radius 2 is 1.90 bits per heavy atom. The van der Waals surface area contributed by atoms with Crippen molar-refractivity contribution in [3.63, 3.8) is 0 Å². The molecule has 0 bridgehead atoms. The smallest absolute Gasteiger partial charge is 0.330 e. The number of nitrogens with two attached hydrogens (primary N) is 1. The Labute approximate surface area is 170 Å². The molecule has 0 fully saturated rings. The molecule has 0 aliphatic rings. The lowest BCUT2D eigenvalue weighted by molar-refractivity contribution is -0.118. The van der Waals surface area contributed by atoms with E-state index in [1.54, 1.807) is 31.4 Å². The number of carbonyl (C=O) groups is 1. The molecular formula is C21H30N4O4. The summed E-state index contributed by atoms with van der Waals surface area (Å²) in [4.78, 5) is 41.6. The second-order valence-corrected chi connectivity index (χ2v) is 7.42. The summed E-state index contributed by atoms with van der Waals surface area (Å²) in [7, 11) is 1.58. The third-order valence-corrected chi connectivity index (χ3v) is 4.58. The molecule has 0 radical (unpaired) electrons. The van der Waals surface area contributed by atoms with Crippen LogP contribution in [0.3, 0.4) is 0 Å². The maximum atomic E-state index is 13.1. The van der Waals surface area contributed by atoms with Gasteiger partial charge in [0.1, 0.15) is 11.6 Å². The first kappa shape index (κ1) is 22.3. The standard InChI is InChI=1S/C21H30N4O4/c1-5-6-11-24-19(22)18(20(27)23-21(24)28)25(13-14(2)3)17(26)12-15-7-9-16(29-4)10-8-15/h7-10,14H,5-6,11-13,22H2,1-4H3,(H,23,27,28).